The summed E-state index contributed by atoms with van der Waals surface area (Å²) in [7, 11) is 1.53. The molecule has 1 aromatic heterocycles. The first kappa shape index (κ1) is 17.7. The zero-order valence-corrected chi connectivity index (χ0v) is 14.8. The first-order valence-electron chi connectivity index (χ1n) is 8.39. The Bertz CT molecular complexity index is 781. The normalized spacial score (nSPS) is 15.5. The number of hydrogen-bond donors (Lipinski definition) is 0. The summed E-state index contributed by atoms with van der Waals surface area (Å²) in [5.41, 5.74) is 0.711. The van der Waals surface area contributed by atoms with Crippen LogP contribution >= 0.6 is 0 Å². The van der Waals surface area contributed by atoms with Crippen LogP contribution in [-0.4, -0.2) is 54.5 Å². The number of nitrogens with zero attached hydrogens (tertiary/aromatic N) is 3. The zero-order valence-electron chi connectivity index (χ0n) is 14.8. The largest absolute Gasteiger partial charge is 0.481 e. The molecule has 1 fully saturated rings. The third kappa shape index (κ3) is 3.93. The van der Waals surface area contributed by atoms with Gasteiger partial charge in [0.1, 0.15) is 12.3 Å². The van der Waals surface area contributed by atoms with Gasteiger partial charge in [0.2, 0.25) is 11.8 Å². The van der Waals surface area contributed by atoms with Crippen LogP contribution in [0.2, 0.25) is 0 Å². The summed E-state index contributed by atoms with van der Waals surface area (Å²) in [6, 6.07) is 12.6. The number of aromatic nitrogens is 1. The molecule has 1 saturated heterocycles. The molecule has 7 nitrogen and oxygen atoms in total. The molecule has 0 saturated carbocycles. The van der Waals surface area contributed by atoms with Crippen LogP contribution < -0.4 is 14.4 Å². The fraction of sp³-hybridized carbons (Fsp3) is 0.316. The minimum atomic E-state index is -0.655. The van der Waals surface area contributed by atoms with Gasteiger partial charge in [0, 0.05) is 25.4 Å². The highest BCUT2D eigenvalue weighted by atomic mass is 16.5. The van der Waals surface area contributed by atoms with Crippen molar-refractivity contribution in [2.75, 3.05) is 31.6 Å². The first-order chi connectivity index (χ1) is 12.6. The second-order valence-electron chi connectivity index (χ2n) is 5.93. The lowest BCUT2D eigenvalue weighted by Gasteiger charge is -2.35. The number of hydrogen-bond acceptors (Lipinski definition) is 5. The van der Waals surface area contributed by atoms with E-state index in [1.54, 1.807) is 42.3 Å². The lowest BCUT2D eigenvalue weighted by molar-refractivity contribution is -0.142. The van der Waals surface area contributed by atoms with Crippen molar-refractivity contribution in [2.45, 2.75) is 13.0 Å². The van der Waals surface area contributed by atoms with Crippen molar-refractivity contribution >= 4 is 17.5 Å². The average Bonchev–Trinajstić information content (AvgIpc) is 2.68. The summed E-state index contributed by atoms with van der Waals surface area (Å²) in [4.78, 5) is 32.3. The number of rotatable bonds is 5. The standard InChI is InChI=1S/C19H21N3O4/c1-14(26-16-6-4-3-5-7-16)19(24)21-10-11-22(18(23)13-21)15-8-9-20-17(12-15)25-2/h3-9,12,14H,10-11,13H2,1-2H3. The van der Waals surface area contributed by atoms with E-state index in [0.29, 0.717) is 30.4 Å². The van der Waals surface area contributed by atoms with Crippen molar-refractivity contribution in [3.05, 3.63) is 48.7 Å². The molecule has 136 valence electrons. The molecular formula is C19H21N3O4. The van der Waals surface area contributed by atoms with E-state index in [4.69, 9.17) is 9.47 Å². The molecule has 0 spiro atoms. The summed E-state index contributed by atoms with van der Waals surface area (Å²) in [6.45, 7) is 2.57. The predicted octanol–water partition coefficient (Wildman–Crippen LogP) is 1.73. The molecule has 0 bridgehead atoms. The monoisotopic (exact) mass is 355 g/mol. The van der Waals surface area contributed by atoms with Crippen molar-refractivity contribution in [2.24, 2.45) is 0 Å². The van der Waals surface area contributed by atoms with Crippen LogP contribution in [0.1, 0.15) is 6.92 Å². The molecule has 2 heterocycles. The Morgan fingerprint density at radius 3 is 2.65 bits per heavy atom. The summed E-state index contributed by atoms with van der Waals surface area (Å²) >= 11 is 0. The fourth-order valence-electron chi connectivity index (χ4n) is 2.82. The van der Waals surface area contributed by atoms with E-state index in [2.05, 4.69) is 4.98 Å². The first-order valence-corrected chi connectivity index (χ1v) is 8.39. The number of para-hydroxylation sites is 1. The van der Waals surface area contributed by atoms with Crippen LogP contribution in [0.15, 0.2) is 48.7 Å². The van der Waals surface area contributed by atoms with Gasteiger partial charge in [-0.25, -0.2) is 4.98 Å². The molecule has 1 aliphatic rings. The van der Waals surface area contributed by atoms with Crippen LogP contribution in [0, 0.1) is 0 Å². The highest BCUT2D eigenvalue weighted by molar-refractivity contribution is 5.98. The zero-order chi connectivity index (χ0) is 18.5. The van der Waals surface area contributed by atoms with Crippen molar-refractivity contribution in [1.29, 1.82) is 0 Å². The van der Waals surface area contributed by atoms with E-state index in [-0.39, 0.29) is 18.4 Å². The molecule has 2 aromatic rings. The summed E-state index contributed by atoms with van der Waals surface area (Å²) in [5.74, 6) is 0.722. The molecule has 1 unspecified atom stereocenters. The maximum Gasteiger partial charge on any atom is 0.263 e. The maximum absolute atomic E-state index is 12.6. The molecule has 1 atom stereocenters. The Balaban J connectivity index is 1.62. The van der Waals surface area contributed by atoms with Gasteiger partial charge < -0.3 is 19.3 Å². The molecule has 3 rings (SSSR count). The fourth-order valence-corrected chi connectivity index (χ4v) is 2.82. The number of methoxy groups -OCH3 is 1. The van der Waals surface area contributed by atoms with Gasteiger partial charge in [-0.05, 0) is 25.1 Å². The highest BCUT2D eigenvalue weighted by Crippen LogP contribution is 2.21. The second kappa shape index (κ2) is 7.86. The van der Waals surface area contributed by atoms with E-state index in [0.717, 1.165) is 0 Å². The minimum absolute atomic E-state index is 0.0198. The number of pyridine rings is 1. The Kier molecular flexibility index (Phi) is 5.36. The Morgan fingerprint density at radius 1 is 1.19 bits per heavy atom. The van der Waals surface area contributed by atoms with Gasteiger partial charge in [-0.2, -0.15) is 0 Å². The van der Waals surface area contributed by atoms with Crippen LogP contribution in [0.5, 0.6) is 11.6 Å². The Hall–Kier alpha value is -3.09. The van der Waals surface area contributed by atoms with Gasteiger partial charge in [0.05, 0.1) is 12.8 Å². The van der Waals surface area contributed by atoms with Crippen LogP contribution in [0.4, 0.5) is 5.69 Å². The third-order valence-electron chi connectivity index (χ3n) is 4.18. The van der Waals surface area contributed by atoms with E-state index in [1.807, 2.05) is 18.2 Å². The van der Waals surface area contributed by atoms with Crippen molar-refractivity contribution in [3.63, 3.8) is 0 Å². The number of benzene rings is 1. The second-order valence-corrected chi connectivity index (χ2v) is 5.93. The van der Waals surface area contributed by atoms with Gasteiger partial charge in [-0.3, -0.25) is 9.59 Å². The summed E-state index contributed by atoms with van der Waals surface area (Å²) in [5, 5.41) is 0. The lowest BCUT2D eigenvalue weighted by Crippen LogP contribution is -2.54. The van der Waals surface area contributed by atoms with Crippen LogP contribution in [-0.2, 0) is 9.59 Å². The number of ether oxygens (including phenoxy) is 2. The van der Waals surface area contributed by atoms with E-state index in [1.165, 1.54) is 12.0 Å². The van der Waals surface area contributed by atoms with E-state index >= 15 is 0 Å². The molecule has 1 aliphatic heterocycles. The minimum Gasteiger partial charge on any atom is -0.481 e. The van der Waals surface area contributed by atoms with E-state index < -0.39 is 6.10 Å². The number of anilines is 1. The van der Waals surface area contributed by atoms with Crippen LogP contribution in [0.3, 0.4) is 0 Å². The summed E-state index contributed by atoms with van der Waals surface area (Å²) < 4.78 is 10.8. The van der Waals surface area contributed by atoms with Crippen LogP contribution in [0.25, 0.3) is 0 Å². The van der Waals surface area contributed by atoms with E-state index in [9.17, 15) is 9.59 Å². The number of carbonyl (C=O) groups is 2. The highest BCUT2D eigenvalue weighted by Gasteiger charge is 2.31. The average molecular weight is 355 g/mol. The van der Waals surface area contributed by atoms with Gasteiger partial charge in [0.25, 0.3) is 5.91 Å². The van der Waals surface area contributed by atoms with Gasteiger partial charge in [0.15, 0.2) is 6.10 Å². The number of carbonyl (C=O) groups excluding carboxylic acids is 2. The maximum atomic E-state index is 12.6. The summed E-state index contributed by atoms with van der Waals surface area (Å²) in [6.07, 6.45) is 0.937. The molecule has 26 heavy (non-hydrogen) atoms. The SMILES string of the molecule is COc1cc(N2CCN(C(=O)C(C)Oc3ccccc3)CC2=O)ccn1. The molecule has 1 aromatic carbocycles. The van der Waals surface area contributed by atoms with Gasteiger partial charge >= 0.3 is 0 Å². The lowest BCUT2D eigenvalue weighted by atomic mass is 10.2. The topological polar surface area (TPSA) is 72.0 Å². The third-order valence-corrected chi connectivity index (χ3v) is 4.18. The van der Waals surface area contributed by atoms with Gasteiger partial charge in [-0.1, -0.05) is 18.2 Å². The predicted molar refractivity (Wildman–Crippen MR) is 96.3 cm³/mol. The quantitative estimate of drug-likeness (QED) is 0.817. The smallest absolute Gasteiger partial charge is 0.263 e. The van der Waals surface area contributed by atoms with Crippen molar-refractivity contribution in [1.82, 2.24) is 9.88 Å². The Morgan fingerprint density at radius 2 is 1.96 bits per heavy atom. The molecular weight excluding hydrogens is 334 g/mol. The molecule has 0 aliphatic carbocycles. The number of piperazine rings is 1. The molecule has 0 radical (unpaired) electrons. The molecule has 7 heteroatoms. The van der Waals surface area contributed by atoms with Gasteiger partial charge in [-0.15, -0.1) is 0 Å². The Labute approximate surface area is 152 Å². The number of amides is 2. The molecule has 0 N–H and O–H groups in total. The van der Waals surface area contributed by atoms with Crippen molar-refractivity contribution < 1.29 is 19.1 Å². The molecule has 2 amide bonds. The van der Waals surface area contributed by atoms with Crippen molar-refractivity contribution in [3.8, 4) is 11.6 Å².